The van der Waals surface area contributed by atoms with Gasteiger partial charge in [-0.05, 0) is 34.1 Å². The maximum absolute atomic E-state index is 11.8. The Kier molecular flexibility index (Phi) is 7.25. The summed E-state index contributed by atoms with van der Waals surface area (Å²) in [6.45, 7) is 6.85. The lowest BCUT2D eigenvalue weighted by Gasteiger charge is -2.29. The molecule has 0 bridgehead atoms. The van der Waals surface area contributed by atoms with Crippen molar-refractivity contribution in [1.82, 2.24) is 0 Å². The highest BCUT2D eigenvalue weighted by molar-refractivity contribution is 5.76. The van der Waals surface area contributed by atoms with Gasteiger partial charge in [-0.2, -0.15) is 0 Å². The second kappa shape index (κ2) is 9.40. The Bertz CT molecular complexity index is 731. The number of carbonyl (C=O) groups excluding carboxylic acids is 1. The SMILES string of the molecule is C[C@H](O)[C@@H](C)C(=O)O[C@@H](C)C/C=C/C=C/[C@@H]1CC[C@@]2(C[C@H]3OC[C@@](C)(C(=O)O)[C@H]3O2)O1. The first-order valence-corrected chi connectivity index (χ1v) is 11.0. The van der Waals surface area contributed by atoms with E-state index in [-0.39, 0.29) is 24.9 Å². The lowest BCUT2D eigenvalue weighted by atomic mass is 9.85. The molecule has 174 valence electrons. The zero-order valence-electron chi connectivity index (χ0n) is 18.7. The first-order chi connectivity index (χ1) is 14.6. The molecule has 0 aromatic carbocycles. The third kappa shape index (κ3) is 5.19. The minimum Gasteiger partial charge on any atom is -0.481 e. The number of ether oxygens (including phenoxy) is 4. The van der Waals surface area contributed by atoms with Crippen LogP contribution < -0.4 is 0 Å². The first-order valence-electron chi connectivity index (χ1n) is 11.0. The predicted octanol–water partition coefficient (Wildman–Crippen LogP) is 2.59. The third-order valence-corrected chi connectivity index (χ3v) is 6.53. The minimum absolute atomic E-state index is 0.110. The van der Waals surface area contributed by atoms with E-state index >= 15 is 0 Å². The Morgan fingerprint density at radius 2 is 1.97 bits per heavy atom. The molecule has 8 nitrogen and oxygen atoms in total. The number of aliphatic carboxylic acids is 1. The van der Waals surface area contributed by atoms with Gasteiger partial charge in [0.15, 0.2) is 5.79 Å². The van der Waals surface area contributed by atoms with Gasteiger partial charge >= 0.3 is 11.9 Å². The molecule has 0 aromatic heterocycles. The highest BCUT2D eigenvalue weighted by atomic mass is 16.7. The van der Waals surface area contributed by atoms with Crippen LogP contribution in [0.3, 0.4) is 0 Å². The summed E-state index contributed by atoms with van der Waals surface area (Å²) in [7, 11) is 0. The number of aliphatic hydroxyl groups is 1. The van der Waals surface area contributed by atoms with E-state index in [1.54, 1.807) is 20.8 Å². The Labute approximate surface area is 183 Å². The van der Waals surface area contributed by atoms with Crippen molar-refractivity contribution in [3.05, 3.63) is 24.3 Å². The largest absolute Gasteiger partial charge is 0.481 e. The van der Waals surface area contributed by atoms with E-state index < -0.39 is 41.3 Å². The van der Waals surface area contributed by atoms with Crippen molar-refractivity contribution in [2.45, 2.75) is 89.7 Å². The number of rotatable bonds is 8. The zero-order valence-corrected chi connectivity index (χ0v) is 18.7. The standard InChI is InChI=1S/C23H34O8/c1-14(29-20(25)15(2)16(3)24)8-6-5-7-9-17-10-11-23(30-17)12-18-19(31-23)22(4,13-28-18)21(26)27/h5-7,9,14-19,24H,8,10-13H2,1-4H3,(H,26,27)/b6-5+,9-7+/t14-,15+,16-,17+,18+,19-,22+,23+/m0/s1. The van der Waals surface area contributed by atoms with Crippen molar-refractivity contribution in [3.8, 4) is 0 Å². The van der Waals surface area contributed by atoms with E-state index in [0.717, 1.165) is 6.42 Å². The van der Waals surface area contributed by atoms with Crippen LogP contribution in [0.4, 0.5) is 0 Å². The summed E-state index contributed by atoms with van der Waals surface area (Å²) in [4.78, 5) is 23.5. The van der Waals surface area contributed by atoms with E-state index in [1.165, 1.54) is 0 Å². The van der Waals surface area contributed by atoms with Gasteiger partial charge in [0, 0.05) is 19.3 Å². The minimum atomic E-state index is -1.04. The maximum atomic E-state index is 11.8. The number of hydrogen-bond acceptors (Lipinski definition) is 7. The van der Waals surface area contributed by atoms with E-state index in [0.29, 0.717) is 19.3 Å². The predicted molar refractivity (Wildman–Crippen MR) is 111 cm³/mol. The Hall–Kier alpha value is -1.74. The maximum Gasteiger partial charge on any atom is 0.314 e. The molecule has 1 spiro atoms. The molecule has 0 unspecified atom stereocenters. The monoisotopic (exact) mass is 438 g/mol. The summed E-state index contributed by atoms with van der Waals surface area (Å²) < 4.78 is 23.3. The topological polar surface area (TPSA) is 112 Å². The van der Waals surface area contributed by atoms with Gasteiger partial charge in [0.2, 0.25) is 0 Å². The fourth-order valence-corrected chi connectivity index (χ4v) is 4.22. The smallest absolute Gasteiger partial charge is 0.314 e. The molecule has 2 N–H and O–H groups in total. The molecule has 0 amide bonds. The molecule has 8 atom stereocenters. The van der Waals surface area contributed by atoms with Crippen LogP contribution in [0.5, 0.6) is 0 Å². The molecule has 3 aliphatic rings. The third-order valence-electron chi connectivity index (χ3n) is 6.53. The molecule has 31 heavy (non-hydrogen) atoms. The molecule has 0 radical (unpaired) electrons. The lowest BCUT2D eigenvalue weighted by molar-refractivity contribution is -0.225. The van der Waals surface area contributed by atoms with Crippen LogP contribution >= 0.6 is 0 Å². The Morgan fingerprint density at radius 3 is 2.65 bits per heavy atom. The number of esters is 1. The molecule has 0 aromatic rings. The van der Waals surface area contributed by atoms with Crippen LogP contribution in [-0.4, -0.2) is 65.1 Å². The van der Waals surface area contributed by atoms with Crippen molar-refractivity contribution in [3.63, 3.8) is 0 Å². The molecule has 3 aliphatic heterocycles. The number of aliphatic hydroxyl groups excluding tert-OH is 1. The number of fused-ring (bicyclic) bond motifs is 1. The summed E-state index contributed by atoms with van der Waals surface area (Å²) in [5.41, 5.74) is -1.04. The van der Waals surface area contributed by atoms with Crippen molar-refractivity contribution in [2.75, 3.05) is 6.61 Å². The quantitative estimate of drug-likeness (QED) is 0.439. The number of carbonyl (C=O) groups is 2. The Balaban J connectivity index is 1.44. The fourth-order valence-electron chi connectivity index (χ4n) is 4.22. The summed E-state index contributed by atoms with van der Waals surface area (Å²) in [5.74, 6) is -2.62. The van der Waals surface area contributed by atoms with Gasteiger partial charge < -0.3 is 29.2 Å². The van der Waals surface area contributed by atoms with E-state index in [2.05, 4.69) is 0 Å². The molecule has 0 aliphatic carbocycles. The highest BCUT2D eigenvalue weighted by Gasteiger charge is 2.63. The summed E-state index contributed by atoms with van der Waals surface area (Å²) in [6.07, 6.45) is 8.38. The van der Waals surface area contributed by atoms with Crippen molar-refractivity contribution in [1.29, 1.82) is 0 Å². The number of carboxylic acid groups (broad SMARTS) is 1. The van der Waals surface area contributed by atoms with Gasteiger partial charge in [0.1, 0.15) is 17.6 Å². The van der Waals surface area contributed by atoms with Crippen LogP contribution in [0.25, 0.3) is 0 Å². The normalized spacial score (nSPS) is 38.0. The molecular weight excluding hydrogens is 404 g/mol. The van der Waals surface area contributed by atoms with Gasteiger partial charge in [-0.3, -0.25) is 9.59 Å². The number of carboxylic acids is 1. The van der Waals surface area contributed by atoms with Crippen LogP contribution in [0.1, 0.15) is 53.4 Å². The zero-order chi connectivity index (χ0) is 22.8. The highest BCUT2D eigenvalue weighted by Crippen LogP contribution is 2.51. The van der Waals surface area contributed by atoms with Crippen molar-refractivity contribution < 1.29 is 38.7 Å². The van der Waals surface area contributed by atoms with Gasteiger partial charge in [0.05, 0.1) is 30.8 Å². The molecule has 3 fully saturated rings. The average molecular weight is 439 g/mol. The second-order valence-electron chi connectivity index (χ2n) is 9.25. The fraction of sp³-hybridized carbons (Fsp3) is 0.739. The molecule has 8 heteroatoms. The van der Waals surface area contributed by atoms with Crippen molar-refractivity contribution in [2.24, 2.45) is 11.3 Å². The van der Waals surface area contributed by atoms with Gasteiger partial charge in [-0.15, -0.1) is 0 Å². The summed E-state index contributed by atoms with van der Waals surface area (Å²) >= 11 is 0. The molecule has 3 rings (SSSR count). The van der Waals surface area contributed by atoms with Crippen LogP contribution in [0, 0.1) is 11.3 Å². The van der Waals surface area contributed by atoms with E-state index in [9.17, 15) is 19.8 Å². The average Bonchev–Trinajstić information content (AvgIpc) is 3.36. The summed E-state index contributed by atoms with van der Waals surface area (Å²) in [5, 5.41) is 19.0. The van der Waals surface area contributed by atoms with Gasteiger partial charge in [0.25, 0.3) is 0 Å². The van der Waals surface area contributed by atoms with Crippen molar-refractivity contribution >= 4 is 11.9 Å². The van der Waals surface area contributed by atoms with Gasteiger partial charge in [-0.25, -0.2) is 0 Å². The van der Waals surface area contributed by atoms with Crippen LogP contribution in [0.15, 0.2) is 24.3 Å². The first kappa shape index (κ1) is 23.9. The number of allylic oxidation sites excluding steroid dienone is 2. The molecule has 3 heterocycles. The van der Waals surface area contributed by atoms with Crippen LogP contribution in [0.2, 0.25) is 0 Å². The van der Waals surface area contributed by atoms with E-state index in [1.807, 2.05) is 31.2 Å². The summed E-state index contributed by atoms with van der Waals surface area (Å²) in [6, 6.07) is 0. The molecular formula is C23H34O8. The van der Waals surface area contributed by atoms with E-state index in [4.69, 9.17) is 18.9 Å². The van der Waals surface area contributed by atoms with Crippen LogP contribution in [-0.2, 0) is 28.5 Å². The Morgan fingerprint density at radius 1 is 1.23 bits per heavy atom. The second-order valence-corrected chi connectivity index (χ2v) is 9.25. The number of hydrogen-bond donors (Lipinski definition) is 2. The lowest BCUT2D eigenvalue weighted by Crippen LogP contribution is -2.42. The molecule has 0 saturated carbocycles. The van der Waals surface area contributed by atoms with Gasteiger partial charge in [-0.1, -0.05) is 24.3 Å². The molecule has 3 saturated heterocycles.